The van der Waals surface area contributed by atoms with Gasteiger partial charge in [0.2, 0.25) is 0 Å². The molecule has 3 heterocycles. The molecule has 2 aliphatic heterocycles. The highest BCUT2D eigenvalue weighted by Gasteiger charge is 2.29. The average Bonchev–Trinajstić information content (AvgIpc) is 3.22. The number of nitro benzene ring substituents is 1. The molecule has 0 atom stereocenters. The van der Waals surface area contributed by atoms with Crippen molar-refractivity contribution in [2.45, 2.75) is 20.4 Å². The van der Waals surface area contributed by atoms with E-state index in [1.165, 1.54) is 35.2 Å². The molecule has 9 nitrogen and oxygen atoms in total. The SMILES string of the molecule is Cc1nn(C)c(C)c1CN1CCN(C2=NC(=O)/C(=C/c3cccc([N+](=O)[O-])c3)S2)CC1. The second kappa shape index (κ2) is 8.64. The number of nitro groups is 1. The number of hydrogen-bond acceptors (Lipinski definition) is 7. The first-order valence-corrected chi connectivity index (χ1v) is 10.9. The third-order valence-corrected chi connectivity index (χ3v) is 6.72. The maximum absolute atomic E-state index is 12.4. The van der Waals surface area contributed by atoms with E-state index in [2.05, 4.69) is 26.8 Å². The molecule has 31 heavy (non-hydrogen) atoms. The van der Waals surface area contributed by atoms with Crippen molar-refractivity contribution in [3.63, 3.8) is 0 Å². The van der Waals surface area contributed by atoms with Crippen LogP contribution < -0.4 is 0 Å². The van der Waals surface area contributed by atoms with Crippen LogP contribution in [0.1, 0.15) is 22.5 Å². The fourth-order valence-electron chi connectivity index (χ4n) is 3.78. The van der Waals surface area contributed by atoms with Crippen LogP contribution in [0, 0.1) is 24.0 Å². The minimum atomic E-state index is -0.443. The first-order valence-electron chi connectivity index (χ1n) is 10.0. The number of piperazine rings is 1. The van der Waals surface area contributed by atoms with Crippen LogP contribution in [0.15, 0.2) is 34.2 Å². The summed E-state index contributed by atoms with van der Waals surface area (Å²) in [6.07, 6.45) is 1.67. The number of aryl methyl sites for hydroxylation is 2. The predicted molar refractivity (Wildman–Crippen MR) is 121 cm³/mol. The Morgan fingerprint density at radius 2 is 1.97 bits per heavy atom. The molecular formula is C21H24N6O3S. The molecule has 10 heteroatoms. The standard InChI is InChI=1S/C21H24N6O3S/c1-14-18(15(2)24(3)23-14)13-25-7-9-26(10-8-25)21-22-20(28)19(31-21)12-16-5-4-6-17(11-16)27(29)30/h4-6,11-12H,7-10,13H2,1-3H3/b19-12-. The van der Waals surface area contributed by atoms with E-state index in [0.717, 1.165) is 38.4 Å². The number of benzene rings is 1. The van der Waals surface area contributed by atoms with Gasteiger partial charge in [0.15, 0.2) is 5.17 Å². The Hall–Kier alpha value is -2.98. The Morgan fingerprint density at radius 3 is 2.61 bits per heavy atom. The highest BCUT2D eigenvalue weighted by molar-refractivity contribution is 8.18. The van der Waals surface area contributed by atoms with Gasteiger partial charge in [-0.2, -0.15) is 10.1 Å². The molecule has 1 aromatic carbocycles. The number of carbonyl (C=O) groups excluding carboxylic acids is 1. The lowest BCUT2D eigenvalue weighted by Gasteiger charge is -2.35. The van der Waals surface area contributed by atoms with Crippen molar-refractivity contribution in [2.24, 2.45) is 12.0 Å². The lowest BCUT2D eigenvalue weighted by atomic mass is 10.1. The number of nitrogens with zero attached hydrogens (tertiary/aromatic N) is 6. The number of hydrogen-bond donors (Lipinski definition) is 0. The number of rotatable bonds is 4. The van der Waals surface area contributed by atoms with Crippen molar-refractivity contribution in [2.75, 3.05) is 26.2 Å². The zero-order valence-corrected chi connectivity index (χ0v) is 18.6. The molecule has 0 N–H and O–H groups in total. The molecule has 1 aromatic heterocycles. The fraction of sp³-hybridized carbons (Fsp3) is 0.381. The summed E-state index contributed by atoms with van der Waals surface area (Å²) in [5.41, 5.74) is 4.16. The van der Waals surface area contributed by atoms with Crippen LogP contribution in [-0.2, 0) is 18.4 Å². The van der Waals surface area contributed by atoms with Gasteiger partial charge in [0.05, 0.1) is 15.5 Å². The Kier molecular flexibility index (Phi) is 5.92. The van der Waals surface area contributed by atoms with Gasteiger partial charge in [0.1, 0.15) is 0 Å². The predicted octanol–water partition coefficient (Wildman–Crippen LogP) is 2.73. The van der Waals surface area contributed by atoms with Gasteiger partial charge in [-0.1, -0.05) is 12.1 Å². The van der Waals surface area contributed by atoms with Gasteiger partial charge in [-0.05, 0) is 37.2 Å². The summed E-state index contributed by atoms with van der Waals surface area (Å²) >= 11 is 1.33. The Morgan fingerprint density at radius 1 is 1.23 bits per heavy atom. The fourth-order valence-corrected chi connectivity index (χ4v) is 4.74. The topological polar surface area (TPSA) is 96.9 Å². The summed E-state index contributed by atoms with van der Waals surface area (Å²) < 4.78 is 1.92. The third-order valence-electron chi connectivity index (χ3n) is 5.67. The summed E-state index contributed by atoms with van der Waals surface area (Å²) in [7, 11) is 1.97. The van der Waals surface area contributed by atoms with Crippen molar-refractivity contribution in [1.82, 2.24) is 19.6 Å². The monoisotopic (exact) mass is 440 g/mol. The van der Waals surface area contributed by atoms with E-state index in [1.807, 2.05) is 18.7 Å². The smallest absolute Gasteiger partial charge is 0.286 e. The highest BCUT2D eigenvalue weighted by atomic mass is 32.2. The maximum Gasteiger partial charge on any atom is 0.286 e. The quantitative estimate of drug-likeness (QED) is 0.410. The number of non-ortho nitro benzene ring substituents is 1. The third kappa shape index (κ3) is 4.54. The Labute approximate surface area is 184 Å². The van der Waals surface area contributed by atoms with Gasteiger partial charge in [-0.25, -0.2) is 0 Å². The molecule has 0 saturated carbocycles. The van der Waals surface area contributed by atoms with E-state index >= 15 is 0 Å². The molecule has 1 fully saturated rings. The van der Waals surface area contributed by atoms with Crippen molar-refractivity contribution in [3.8, 4) is 0 Å². The molecule has 4 rings (SSSR count). The number of carbonyl (C=O) groups is 1. The summed E-state index contributed by atoms with van der Waals surface area (Å²) in [4.78, 5) is 32.1. The van der Waals surface area contributed by atoms with Crippen molar-refractivity contribution >= 4 is 34.6 Å². The van der Waals surface area contributed by atoms with Gasteiger partial charge in [-0.3, -0.25) is 24.5 Å². The van der Waals surface area contributed by atoms with Crippen LogP contribution in [0.2, 0.25) is 0 Å². The van der Waals surface area contributed by atoms with Crippen LogP contribution in [0.4, 0.5) is 5.69 Å². The molecule has 1 amide bonds. The molecule has 0 radical (unpaired) electrons. The van der Waals surface area contributed by atoms with Gasteiger partial charge in [0, 0.05) is 63.2 Å². The highest BCUT2D eigenvalue weighted by Crippen LogP contribution is 2.31. The zero-order chi connectivity index (χ0) is 22.1. The first-order chi connectivity index (χ1) is 14.8. The van der Waals surface area contributed by atoms with Gasteiger partial charge < -0.3 is 4.90 Å². The average molecular weight is 441 g/mol. The molecule has 0 bridgehead atoms. The largest absolute Gasteiger partial charge is 0.348 e. The van der Waals surface area contributed by atoms with Crippen molar-refractivity contribution in [1.29, 1.82) is 0 Å². The number of amidine groups is 1. The molecule has 1 saturated heterocycles. The molecule has 2 aliphatic rings. The van der Waals surface area contributed by atoms with E-state index in [0.29, 0.717) is 15.6 Å². The number of thioether (sulfide) groups is 1. The molecule has 0 unspecified atom stereocenters. The Bertz CT molecular complexity index is 1100. The second-order valence-corrected chi connectivity index (χ2v) is 8.71. The minimum Gasteiger partial charge on any atom is -0.348 e. The summed E-state index contributed by atoms with van der Waals surface area (Å²) in [5.74, 6) is -0.296. The number of aliphatic imine (C=N–C) groups is 1. The van der Waals surface area contributed by atoms with Gasteiger partial charge in [-0.15, -0.1) is 0 Å². The van der Waals surface area contributed by atoms with Crippen molar-refractivity contribution < 1.29 is 9.72 Å². The number of aromatic nitrogens is 2. The van der Waals surface area contributed by atoms with Crippen LogP contribution in [0.3, 0.4) is 0 Å². The van der Waals surface area contributed by atoms with Crippen LogP contribution in [0.25, 0.3) is 6.08 Å². The molecule has 0 aliphatic carbocycles. The van der Waals surface area contributed by atoms with Crippen LogP contribution >= 0.6 is 11.8 Å². The summed E-state index contributed by atoms with van der Waals surface area (Å²) in [6.45, 7) is 8.36. The van der Waals surface area contributed by atoms with E-state index in [4.69, 9.17) is 0 Å². The first kappa shape index (κ1) is 21.3. The second-order valence-electron chi connectivity index (χ2n) is 7.70. The lowest BCUT2D eigenvalue weighted by molar-refractivity contribution is -0.384. The van der Waals surface area contributed by atoms with E-state index < -0.39 is 4.92 Å². The van der Waals surface area contributed by atoms with E-state index in [1.54, 1.807) is 18.2 Å². The molecule has 2 aromatic rings. The van der Waals surface area contributed by atoms with Crippen molar-refractivity contribution in [3.05, 3.63) is 61.8 Å². The summed E-state index contributed by atoms with van der Waals surface area (Å²) in [6, 6.07) is 6.25. The molecule has 0 spiro atoms. The molecule has 162 valence electrons. The zero-order valence-electron chi connectivity index (χ0n) is 17.7. The normalized spacial score (nSPS) is 18.7. The Balaban J connectivity index is 1.37. The summed E-state index contributed by atoms with van der Waals surface area (Å²) in [5, 5.41) is 16.2. The van der Waals surface area contributed by atoms with Crippen LogP contribution in [-0.4, -0.2) is 61.8 Å². The van der Waals surface area contributed by atoms with Crippen LogP contribution in [0.5, 0.6) is 0 Å². The number of amides is 1. The van der Waals surface area contributed by atoms with Gasteiger partial charge in [0.25, 0.3) is 11.6 Å². The minimum absolute atomic E-state index is 0.00106. The lowest BCUT2D eigenvalue weighted by Crippen LogP contribution is -2.47. The molecular weight excluding hydrogens is 416 g/mol. The van der Waals surface area contributed by atoms with Gasteiger partial charge >= 0.3 is 0 Å². The maximum atomic E-state index is 12.4. The van der Waals surface area contributed by atoms with E-state index in [-0.39, 0.29) is 11.6 Å². The van der Waals surface area contributed by atoms with E-state index in [9.17, 15) is 14.9 Å².